The summed E-state index contributed by atoms with van der Waals surface area (Å²) in [6.45, 7) is 7.62. The van der Waals surface area contributed by atoms with Crippen molar-refractivity contribution >= 4 is 5.82 Å². The molecular formula is C18H26N4O. The Morgan fingerprint density at radius 2 is 1.91 bits per heavy atom. The highest BCUT2D eigenvalue weighted by Crippen LogP contribution is 2.29. The quantitative estimate of drug-likeness (QED) is 0.921. The number of ether oxygens (including phenoxy) is 1. The minimum atomic E-state index is 0.264. The molecule has 5 nitrogen and oxygen atoms in total. The summed E-state index contributed by atoms with van der Waals surface area (Å²) >= 11 is 0. The van der Waals surface area contributed by atoms with Crippen molar-refractivity contribution in [3.63, 3.8) is 0 Å². The van der Waals surface area contributed by atoms with Gasteiger partial charge in [-0.25, -0.2) is 4.68 Å². The third-order valence-electron chi connectivity index (χ3n) is 4.58. The maximum atomic E-state index is 6.22. The van der Waals surface area contributed by atoms with Gasteiger partial charge in [-0.3, -0.25) is 0 Å². The lowest BCUT2D eigenvalue weighted by molar-refractivity contribution is 0.0988. The molecule has 23 heavy (non-hydrogen) atoms. The van der Waals surface area contributed by atoms with Gasteiger partial charge in [0.25, 0.3) is 0 Å². The van der Waals surface area contributed by atoms with Crippen LogP contribution < -0.4 is 10.1 Å². The average molecular weight is 314 g/mol. The number of rotatable bonds is 5. The molecule has 0 atom stereocenters. The second-order valence-electron chi connectivity index (χ2n) is 6.03. The molecule has 1 fully saturated rings. The highest BCUT2D eigenvalue weighted by molar-refractivity contribution is 5.54. The number of likely N-dealkylation sites (tertiary alicyclic amines) is 1. The Morgan fingerprint density at radius 1 is 1.22 bits per heavy atom. The SMILES string of the molecule is CCN1CCC(Oc2nn(-c3ccccc3)c(NC)c2C)CC1. The first-order chi connectivity index (χ1) is 11.2. The van der Waals surface area contributed by atoms with E-state index in [4.69, 9.17) is 9.84 Å². The van der Waals surface area contributed by atoms with E-state index in [1.165, 1.54) is 0 Å². The summed E-state index contributed by atoms with van der Waals surface area (Å²) in [5.41, 5.74) is 2.10. The molecule has 1 saturated heterocycles. The van der Waals surface area contributed by atoms with E-state index in [9.17, 15) is 0 Å². The number of benzene rings is 1. The fraction of sp³-hybridized carbons (Fsp3) is 0.500. The van der Waals surface area contributed by atoms with E-state index in [-0.39, 0.29) is 6.10 Å². The smallest absolute Gasteiger partial charge is 0.238 e. The van der Waals surface area contributed by atoms with Gasteiger partial charge in [0.1, 0.15) is 11.9 Å². The van der Waals surface area contributed by atoms with Crippen LogP contribution in [0.3, 0.4) is 0 Å². The Hall–Kier alpha value is -2.01. The van der Waals surface area contributed by atoms with E-state index in [1.54, 1.807) is 0 Å². The molecule has 5 heteroatoms. The normalized spacial score (nSPS) is 16.5. The molecule has 2 heterocycles. The summed E-state index contributed by atoms with van der Waals surface area (Å²) in [5.74, 6) is 1.73. The molecule has 1 aromatic heterocycles. The van der Waals surface area contributed by atoms with Gasteiger partial charge in [-0.2, -0.15) is 0 Å². The van der Waals surface area contributed by atoms with Gasteiger partial charge in [-0.15, -0.1) is 5.10 Å². The highest BCUT2D eigenvalue weighted by Gasteiger charge is 2.23. The molecule has 1 aliphatic heterocycles. The number of nitrogens with one attached hydrogen (secondary N) is 1. The van der Waals surface area contributed by atoms with Crippen LogP contribution >= 0.6 is 0 Å². The predicted molar refractivity (Wildman–Crippen MR) is 93.6 cm³/mol. The lowest BCUT2D eigenvalue weighted by Gasteiger charge is -2.30. The van der Waals surface area contributed by atoms with Gasteiger partial charge in [0.05, 0.1) is 11.3 Å². The van der Waals surface area contributed by atoms with Crippen molar-refractivity contribution in [2.75, 3.05) is 32.0 Å². The van der Waals surface area contributed by atoms with Crippen molar-refractivity contribution in [2.45, 2.75) is 32.8 Å². The summed E-state index contributed by atoms with van der Waals surface area (Å²) in [4.78, 5) is 2.47. The zero-order valence-corrected chi connectivity index (χ0v) is 14.2. The molecule has 0 saturated carbocycles. The van der Waals surface area contributed by atoms with Crippen LogP contribution in [-0.4, -0.2) is 47.5 Å². The topological polar surface area (TPSA) is 42.3 Å². The number of para-hydroxylation sites is 1. The highest BCUT2D eigenvalue weighted by atomic mass is 16.5. The van der Waals surface area contributed by atoms with Gasteiger partial charge in [0, 0.05) is 20.1 Å². The van der Waals surface area contributed by atoms with Crippen LogP contribution in [-0.2, 0) is 0 Å². The Labute approximate surface area is 138 Å². The minimum absolute atomic E-state index is 0.264. The molecule has 1 aromatic carbocycles. The molecular weight excluding hydrogens is 288 g/mol. The minimum Gasteiger partial charge on any atom is -0.473 e. The molecule has 124 valence electrons. The lowest BCUT2D eigenvalue weighted by atomic mass is 10.1. The molecule has 1 aliphatic rings. The van der Waals surface area contributed by atoms with Gasteiger partial charge in [0.2, 0.25) is 5.88 Å². The van der Waals surface area contributed by atoms with Crippen molar-refractivity contribution in [1.82, 2.24) is 14.7 Å². The first-order valence-corrected chi connectivity index (χ1v) is 8.44. The first kappa shape index (κ1) is 15.9. The van der Waals surface area contributed by atoms with E-state index in [0.29, 0.717) is 0 Å². The molecule has 0 amide bonds. The number of nitrogens with zero attached hydrogens (tertiary/aromatic N) is 3. The summed E-state index contributed by atoms with van der Waals surface area (Å²) in [6, 6.07) is 10.2. The van der Waals surface area contributed by atoms with Gasteiger partial charge in [0.15, 0.2) is 0 Å². The molecule has 0 spiro atoms. The number of hydrogen-bond donors (Lipinski definition) is 1. The van der Waals surface area contributed by atoms with Gasteiger partial charge >= 0.3 is 0 Å². The summed E-state index contributed by atoms with van der Waals surface area (Å²) in [7, 11) is 1.92. The molecule has 1 N–H and O–H groups in total. The molecule has 0 bridgehead atoms. The van der Waals surface area contributed by atoms with Gasteiger partial charge in [-0.05, 0) is 38.4 Å². The maximum absolute atomic E-state index is 6.22. The van der Waals surface area contributed by atoms with E-state index in [0.717, 1.165) is 55.4 Å². The van der Waals surface area contributed by atoms with E-state index < -0.39 is 0 Å². The third kappa shape index (κ3) is 3.34. The lowest BCUT2D eigenvalue weighted by Crippen LogP contribution is -2.38. The van der Waals surface area contributed by atoms with E-state index >= 15 is 0 Å². The Kier molecular flexibility index (Phi) is 4.86. The standard InChI is InChI=1S/C18H26N4O/c1-4-21-12-10-16(11-13-21)23-18-14(2)17(19-3)22(20-18)15-8-6-5-7-9-15/h5-9,16,19H,4,10-13H2,1-3H3. The van der Waals surface area contributed by atoms with Crippen LogP contribution in [0.5, 0.6) is 5.88 Å². The van der Waals surface area contributed by atoms with Crippen molar-refractivity contribution in [1.29, 1.82) is 0 Å². The van der Waals surface area contributed by atoms with E-state index in [2.05, 4.69) is 36.2 Å². The largest absolute Gasteiger partial charge is 0.473 e. The Bertz CT molecular complexity index is 630. The monoisotopic (exact) mass is 314 g/mol. The van der Waals surface area contributed by atoms with Crippen LogP contribution in [0.2, 0.25) is 0 Å². The number of aromatic nitrogens is 2. The number of anilines is 1. The van der Waals surface area contributed by atoms with Crippen LogP contribution in [0, 0.1) is 6.92 Å². The van der Waals surface area contributed by atoms with E-state index in [1.807, 2.05) is 29.9 Å². The van der Waals surface area contributed by atoms with Crippen LogP contribution in [0.15, 0.2) is 30.3 Å². The second kappa shape index (κ2) is 7.04. The average Bonchev–Trinajstić information content (AvgIpc) is 2.92. The van der Waals surface area contributed by atoms with Crippen molar-refractivity contribution in [3.05, 3.63) is 35.9 Å². The zero-order valence-electron chi connectivity index (χ0n) is 14.2. The van der Waals surface area contributed by atoms with Crippen LogP contribution in [0.25, 0.3) is 5.69 Å². The van der Waals surface area contributed by atoms with Crippen molar-refractivity contribution in [3.8, 4) is 11.6 Å². The van der Waals surface area contributed by atoms with Gasteiger partial charge in [-0.1, -0.05) is 25.1 Å². The summed E-state index contributed by atoms with van der Waals surface area (Å²) < 4.78 is 8.15. The second-order valence-corrected chi connectivity index (χ2v) is 6.03. The summed E-state index contributed by atoms with van der Waals surface area (Å²) in [6.07, 6.45) is 2.40. The molecule has 0 unspecified atom stereocenters. The van der Waals surface area contributed by atoms with Gasteiger partial charge < -0.3 is 15.0 Å². The first-order valence-electron chi connectivity index (χ1n) is 8.44. The van der Waals surface area contributed by atoms with Crippen molar-refractivity contribution < 1.29 is 4.74 Å². The van der Waals surface area contributed by atoms with Crippen LogP contribution in [0.4, 0.5) is 5.82 Å². The molecule has 3 rings (SSSR count). The molecule has 0 aliphatic carbocycles. The van der Waals surface area contributed by atoms with Crippen molar-refractivity contribution in [2.24, 2.45) is 0 Å². The Balaban J connectivity index is 1.80. The summed E-state index contributed by atoms with van der Waals surface area (Å²) in [5, 5.41) is 7.95. The zero-order chi connectivity index (χ0) is 16.2. The third-order valence-corrected chi connectivity index (χ3v) is 4.58. The van der Waals surface area contributed by atoms with Crippen LogP contribution in [0.1, 0.15) is 25.3 Å². The predicted octanol–water partition coefficient (Wildman–Crippen LogP) is 3.09. The number of piperidine rings is 1. The molecule has 0 radical (unpaired) electrons. The fourth-order valence-corrected chi connectivity index (χ4v) is 3.14. The molecule has 2 aromatic rings. The Morgan fingerprint density at radius 3 is 2.52 bits per heavy atom. The maximum Gasteiger partial charge on any atom is 0.238 e. The fourth-order valence-electron chi connectivity index (χ4n) is 3.14. The number of hydrogen-bond acceptors (Lipinski definition) is 4.